The lowest BCUT2D eigenvalue weighted by atomic mass is 10.3. The predicted molar refractivity (Wildman–Crippen MR) is 97.5 cm³/mol. The third-order valence-electron chi connectivity index (χ3n) is 3.07. The van der Waals surface area contributed by atoms with Crippen LogP contribution < -0.4 is 0 Å². The molecule has 0 saturated carbocycles. The first-order chi connectivity index (χ1) is 12.8. The SMILES string of the molecule is O=[N+]([O-])c1cc(S(=O)(=O)O)ccc1SSc1ccc(S(=O)(=O)O)cc1[N+](=O)[O-]. The van der Waals surface area contributed by atoms with E-state index >= 15 is 0 Å². The van der Waals surface area contributed by atoms with Crippen LogP contribution in [0.4, 0.5) is 11.4 Å². The standard InChI is InChI=1S/C12H8N2O10S4/c15-13(16)9-5-7(27(19,20)21)1-3-11(9)25-26-12-4-2-8(28(22,23)24)6-10(12)14(17)18/h1-6H,(H,19,20,21)(H,22,23,24). The second kappa shape index (κ2) is 8.02. The highest BCUT2D eigenvalue weighted by molar-refractivity contribution is 8.76. The molecule has 2 aromatic rings. The average molecular weight is 468 g/mol. The molecule has 0 amide bonds. The molecule has 0 aliphatic carbocycles. The monoisotopic (exact) mass is 468 g/mol. The maximum absolute atomic E-state index is 11.1. The Balaban J connectivity index is 2.41. The summed E-state index contributed by atoms with van der Waals surface area (Å²) >= 11 is 0. The summed E-state index contributed by atoms with van der Waals surface area (Å²) in [6.45, 7) is 0. The second-order valence-electron chi connectivity index (χ2n) is 4.89. The van der Waals surface area contributed by atoms with Gasteiger partial charge in [0.15, 0.2) is 0 Å². The highest BCUT2D eigenvalue weighted by Gasteiger charge is 2.24. The summed E-state index contributed by atoms with van der Waals surface area (Å²) in [5, 5.41) is 22.3. The van der Waals surface area contributed by atoms with Gasteiger partial charge in [-0.25, -0.2) is 0 Å². The van der Waals surface area contributed by atoms with Crippen molar-refractivity contribution >= 4 is 53.2 Å². The van der Waals surface area contributed by atoms with E-state index in [1.807, 2.05) is 0 Å². The molecule has 0 aliphatic rings. The van der Waals surface area contributed by atoms with E-state index in [2.05, 4.69) is 0 Å². The summed E-state index contributed by atoms with van der Waals surface area (Å²) < 4.78 is 62.4. The Bertz CT molecular complexity index is 1080. The van der Waals surface area contributed by atoms with Crippen molar-refractivity contribution in [3.05, 3.63) is 56.6 Å². The topological polar surface area (TPSA) is 195 Å². The molecule has 0 unspecified atom stereocenters. The maximum atomic E-state index is 11.1. The molecule has 2 rings (SSSR count). The molecular formula is C12H8N2O10S4. The highest BCUT2D eigenvalue weighted by atomic mass is 33.1. The van der Waals surface area contributed by atoms with Crippen LogP contribution >= 0.6 is 21.6 Å². The Kier molecular flexibility index (Phi) is 6.31. The van der Waals surface area contributed by atoms with Crippen LogP contribution in [-0.4, -0.2) is 35.8 Å². The highest BCUT2D eigenvalue weighted by Crippen LogP contribution is 2.45. The zero-order valence-electron chi connectivity index (χ0n) is 13.2. The summed E-state index contributed by atoms with van der Waals surface area (Å²) in [6, 6.07) is 5.18. The molecule has 16 heteroatoms. The number of hydrogen-bond acceptors (Lipinski definition) is 10. The minimum absolute atomic E-state index is 0.0736. The number of nitrogens with zero attached hydrogens (tertiary/aromatic N) is 2. The zero-order chi connectivity index (χ0) is 21.3. The van der Waals surface area contributed by atoms with Gasteiger partial charge in [0.05, 0.1) is 19.6 Å². The molecule has 0 aliphatic heterocycles. The Labute approximate surface area is 165 Å². The molecule has 0 bridgehead atoms. The van der Waals surface area contributed by atoms with E-state index in [0.717, 1.165) is 24.3 Å². The molecule has 0 radical (unpaired) electrons. The van der Waals surface area contributed by atoms with E-state index in [0.29, 0.717) is 33.7 Å². The molecule has 2 aromatic carbocycles. The predicted octanol–water partition coefficient (Wildman–Crippen LogP) is 2.80. The van der Waals surface area contributed by atoms with Crippen LogP contribution in [0.3, 0.4) is 0 Å². The van der Waals surface area contributed by atoms with Gasteiger partial charge in [0.25, 0.3) is 31.6 Å². The van der Waals surface area contributed by atoms with Crippen LogP contribution in [0.1, 0.15) is 0 Å². The Morgan fingerprint density at radius 2 is 1.04 bits per heavy atom. The van der Waals surface area contributed by atoms with Gasteiger partial charge in [0.1, 0.15) is 9.79 Å². The van der Waals surface area contributed by atoms with Crippen molar-refractivity contribution in [1.29, 1.82) is 0 Å². The number of benzene rings is 2. The third kappa shape index (κ3) is 5.18. The van der Waals surface area contributed by atoms with Crippen LogP contribution in [0.5, 0.6) is 0 Å². The molecule has 0 spiro atoms. The third-order valence-corrected chi connectivity index (χ3v) is 7.23. The van der Waals surface area contributed by atoms with Crippen molar-refractivity contribution in [1.82, 2.24) is 0 Å². The summed E-state index contributed by atoms with van der Waals surface area (Å²) in [4.78, 5) is 19.0. The van der Waals surface area contributed by atoms with Gasteiger partial charge in [-0.1, -0.05) is 0 Å². The molecule has 0 fully saturated rings. The van der Waals surface area contributed by atoms with Gasteiger partial charge in [-0.05, 0) is 45.9 Å². The molecule has 0 aromatic heterocycles. The van der Waals surface area contributed by atoms with E-state index in [1.165, 1.54) is 0 Å². The van der Waals surface area contributed by atoms with Crippen molar-refractivity contribution in [3.8, 4) is 0 Å². The van der Waals surface area contributed by atoms with E-state index in [1.54, 1.807) is 0 Å². The van der Waals surface area contributed by atoms with Gasteiger partial charge < -0.3 is 0 Å². The Morgan fingerprint density at radius 1 is 0.714 bits per heavy atom. The summed E-state index contributed by atoms with van der Waals surface area (Å²) in [7, 11) is -7.99. The van der Waals surface area contributed by atoms with Gasteiger partial charge in [-0.2, -0.15) is 16.8 Å². The largest absolute Gasteiger partial charge is 0.294 e. The lowest BCUT2D eigenvalue weighted by Gasteiger charge is -2.06. The smallest absolute Gasteiger partial charge is 0.282 e. The summed E-state index contributed by atoms with van der Waals surface area (Å²) in [6.07, 6.45) is 0. The van der Waals surface area contributed by atoms with Crippen LogP contribution in [0.15, 0.2) is 56.0 Å². The molecule has 150 valence electrons. The van der Waals surface area contributed by atoms with Gasteiger partial charge >= 0.3 is 0 Å². The van der Waals surface area contributed by atoms with Gasteiger partial charge in [-0.3, -0.25) is 29.3 Å². The fraction of sp³-hybridized carbons (Fsp3) is 0. The fourth-order valence-corrected chi connectivity index (χ4v) is 5.08. The number of rotatable bonds is 7. The molecule has 2 N–H and O–H groups in total. The lowest BCUT2D eigenvalue weighted by molar-refractivity contribution is -0.388. The first-order valence-electron chi connectivity index (χ1n) is 6.67. The van der Waals surface area contributed by atoms with Gasteiger partial charge in [0, 0.05) is 12.1 Å². The minimum Gasteiger partial charge on any atom is -0.282 e. The van der Waals surface area contributed by atoms with E-state index < -0.39 is 51.2 Å². The van der Waals surface area contributed by atoms with E-state index in [4.69, 9.17) is 9.11 Å². The second-order valence-corrected chi connectivity index (χ2v) is 9.95. The first-order valence-corrected chi connectivity index (χ1v) is 11.7. The summed E-state index contributed by atoms with van der Waals surface area (Å²) in [5.74, 6) is 0. The van der Waals surface area contributed by atoms with Gasteiger partial charge in [-0.15, -0.1) is 0 Å². The molecule has 0 heterocycles. The van der Waals surface area contributed by atoms with Crippen LogP contribution in [-0.2, 0) is 20.2 Å². The summed E-state index contributed by atoms with van der Waals surface area (Å²) in [5.41, 5.74) is -1.32. The van der Waals surface area contributed by atoms with Crippen molar-refractivity contribution in [2.75, 3.05) is 0 Å². The van der Waals surface area contributed by atoms with E-state index in [9.17, 15) is 37.1 Å². The molecule has 0 atom stereocenters. The zero-order valence-corrected chi connectivity index (χ0v) is 16.4. The van der Waals surface area contributed by atoms with Crippen LogP contribution in [0.2, 0.25) is 0 Å². The first kappa shape index (κ1) is 22.1. The van der Waals surface area contributed by atoms with Crippen molar-refractivity contribution in [2.45, 2.75) is 19.6 Å². The Morgan fingerprint density at radius 3 is 1.29 bits per heavy atom. The van der Waals surface area contributed by atoms with Crippen LogP contribution in [0.25, 0.3) is 0 Å². The normalized spacial score (nSPS) is 11.9. The Hall–Kier alpha value is -2.24. The van der Waals surface area contributed by atoms with Crippen molar-refractivity contribution in [3.63, 3.8) is 0 Å². The van der Waals surface area contributed by atoms with Crippen molar-refractivity contribution in [2.24, 2.45) is 0 Å². The number of nitro benzene ring substituents is 2. The number of hydrogen-bond donors (Lipinski definition) is 2. The molecule has 0 saturated heterocycles. The number of nitro groups is 2. The van der Waals surface area contributed by atoms with Crippen molar-refractivity contribution < 1.29 is 35.8 Å². The molecular weight excluding hydrogens is 460 g/mol. The van der Waals surface area contributed by atoms with E-state index in [-0.39, 0.29) is 9.79 Å². The van der Waals surface area contributed by atoms with Gasteiger partial charge in [0.2, 0.25) is 0 Å². The quantitative estimate of drug-likeness (QED) is 0.261. The lowest BCUT2D eigenvalue weighted by Crippen LogP contribution is -2.00. The van der Waals surface area contributed by atoms with Crippen LogP contribution in [0, 0.1) is 20.2 Å². The molecule has 28 heavy (non-hydrogen) atoms. The fourth-order valence-electron chi connectivity index (χ4n) is 1.83. The molecule has 12 nitrogen and oxygen atoms in total. The maximum Gasteiger partial charge on any atom is 0.294 e. The minimum atomic E-state index is -4.67. The average Bonchev–Trinajstić information content (AvgIpc) is 2.57.